The Hall–Kier alpha value is -3.19. The van der Waals surface area contributed by atoms with Gasteiger partial charge < -0.3 is 15.4 Å². The number of benzene rings is 2. The van der Waals surface area contributed by atoms with Crippen LogP contribution in [0.5, 0.6) is 0 Å². The van der Waals surface area contributed by atoms with Crippen molar-refractivity contribution >= 4 is 17.8 Å². The lowest BCUT2D eigenvalue weighted by molar-refractivity contribution is -0.135. The zero-order valence-corrected chi connectivity index (χ0v) is 15.7. The highest BCUT2D eigenvalue weighted by atomic mass is 16.5. The van der Waals surface area contributed by atoms with Crippen LogP contribution in [-0.4, -0.2) is 49.6 Å². The summed E-state index contributed by atoms with van der Waals surface area (Å²) in [5.74, 6) is -0.849. The number of hydrogen-bond donors (Lipinski definition) is 2. The molecule has 2 aromatic carbocycles. The normalized spacial score (nSPS) is 18.8. The molecule has 0 bridgehead atoms. The number of carbonyl (C=O) groups excluding carboxylic acids is 3. The summed E-state index contributed by atoms with van der Waals surface area (Å²) in [5, 5.41) is 5.47. The van der Waals surface area contributed by atoms with Gasteiger partial charge in [-0.2, -0.15) is 0 Å². The van der Waals surface area contributed by atoms with Crippen LogP contribution in [0.15, 0.2) is 60.7 Å². The van der Waals surface area contributed by atoms with Crippen LogP contribution in [0.25, 0.3) is 0 Å². The van der Waals surface area contributed by atoms with Crippen molar-refractivity contribution in [1.82, 2.24) is 15.5 Å². The number of imide groups is 1. The summed E-state index contributed by atoms with van der Waals surface area (Å²) in [6, 6.07) is 18.0. The maximum atomic E-state index is 13.3. The highest BCUT2D eigenvalue weighted by molar-refractivity contribution is 6.09. The zero-order valence-electron chi connectivity index (χ0n) is 15.7. The molecular formula is C21H23N3O4. The molecule has 1 saturated heterocycles. The minimum absolute atomic E-state index is 0.296. The Labute approximate surface area is 163 Å². The Morgan fingerprint density at radius 1 is 1.07 bits per heavy atom. The van der Waals surface area contributed by atoms with Gasteiger partial charge in [0, 0.05) is 20.1 Å². The monoisotopic (exact) mass is 381 g/mol. The Morgan fingerprint density at radius 3 is 2.36 bits per heavy atom. The van der Waals surface area contributed by atoms with Gasteiger partial charge in [-0.25, -0.2) is 4.79 Å². The molecule has 4 amide bonds. The summed E-state index contributed by atoms with van der Waals surface area (Å²) in [6.45, 7) is 0.332. The molecule has 146 valence electrons. The second kappa shape index (κ2) is 8.67. The van der Waals surface area contributed by atoms with E-state index in [2.05, 4.69) is 10.6 Å². The second-order valence-corrected chi connectivity index (χ2v) is 6.60. The maximum Gasteiger partial charge on any atom is 0.325 e. The van der Waals surface area contributed by atoms with E-state index < -0.39 is 23.4 Å². The van der Waals surface area contributed by atoms with E-state index in [-0.39, 0.29) is 6.54 Å². The first-order valence-electron chi connectivity index (χ1n) is 9.06. The highest BCUT2D eigenvalue weighted by Gasteiger charge is 2.52. The van der Waals surface area contributed by atoms with E-state index in [4.69, 9.17) is 4.74 Å². The van der Waals surface area contributed by atoms with Gasteiger partial charge in [0.15, 0.2) is 5.54 Å². The largest absolute Gasteiger partial charge is 0.383 e. The number of rotatable bonds is 8. The number of ether oxygens (including phenoxy) is 1. The summed E-state index contributed by atoms with van der Waals surface area (Å²) in [7, 11) is 1.53. The first kappa shape index (κ1) is 19.6. The molecule has 3 rings (SSSR count). The predicted molar refractivity (Wildman–Crippen MR) is 103 cm³/mol. The average Bonchev–Trinajstić information content (AvgIpc) is 2.95. The van der Waals surface area contributed by atoms with Crippen molar-refractivity contribution in [2.75, 3.05) is 26.8 Å². The summed E-state index contributed by atoms with van der Waals surface area (Å²) in [6.07, 6.45) is 0.296. The molecule has 0 saturated carbocycles. The highest BCUT2D eigenvalue weighted by Crippen LogP contribution is 2.32. The van der Waals surface area contributed by atoms with E-state index in [1.54, 1.807) is 0 Å². The van der Waals surface area contributed by atoms with Crippen LogP contribution >= 0.6 is 0 Å². The minimum atomic E-state index is -1.24. The summed E-state index contributed by atoms with van der Waals surface area (Å²) < 4.78 is 4.89. The molecule has 2 N–H and O–H groups in total. The number of carbonyl (C=O) groups is 3. The van der Waals surface area contributed by atoms with E-state index in [1.807, 2.05) is 60.7 Å². The van der Waals surface area contributed by atoms with E-state index in [9.17, 15) is 14.4 Å². The molecule has 28 heavy (non-hydrogen) atoms. The Morgan fingerprint density at radius 2 is 1.71 bits per heavy atom. The van der Waals surface area contributed by atoms with Crippen LogP contribution < -0.4 is 10.6 Å². The van der Waals surface area contributed by atoms with E-state index >= 15 is 0 Å². The summed E-state index contributed by atoms with van der Waals surface area (Å²) in [5.41, 5.74) is 0.345. The third kappa shape index (κ3) is 4.04. The zero-order chi connectivity index (χ0) is 20.0. The molecule has 1 aliphatic heterocycles. The number of methoxy groups -OCH3 is 1. The Balaban J connectivity index is 1.87. The Bertz CT molecular complexity index is 841. The molecule has 1 atom stereocenters. The van der Waals surface area contributed by atoms with Gasteiger partial charge in [-0.3, -0.25) is 14.5 Å². The summed E-state index contributed by atoms with van der Waals surface area (Å²) in [4.78, 5) is 39.1. The molecule has 7 heteroatoms. The lowest BCUT2D eigenvalue weighted by Gasteiger charge is -2.27. The predicted octanol–water partition coefficient (Wildman–Crippen LogP) is 1.44. The molecule has 1 fully saturated rings. The van der Waals surface area contributed by atoms with Crippen molar-refractivity contribution in [2.24, 2.45) is 0 Å². The SMILES string of the molecule is COCCNC(=O)CN1C(=O)N[C@](Cc2ccccc2)(c2ccccc2)C1=O. The van der Waals surface area contributed by atoms with Gasteiger partial charge in [0.1, 0.15) is 6.54 Å². The van der Waals surface area contributed by atoms with E-state index in [1.165, 1.54) is 7.11 Å². The molecule has 0 aromatic heterocycles. The third-order valence-corrected chi connectivity index (χ3v) is 4.68. The third-order valence-electron chi connectivity index (χ3n) is 4.68. The lowest BCUT2D eigenvalue weighted by Crippen LogP contribution is -2.47. The Kier molecular flexibility index (Phi) is 6.06. The molecule has 2 aromatic rings. The molecular weight excluding hydrogens is 358 g/mol. The van der Waals surface area contributed by atoms with Crippen molar-refractivity contribution in [3.8, 4) is 0 Å². The van der Waals surface area contributed by atoms with Crippen molar-refractivity contribution < 1.29 is 19.1 Å². The first-order valence-corrected chi connectivity index (χ1v) is 9.06. The average molecular weight is 381 g/mol. The van der Waals surface area contributed by atoms with Gasteiger partial charge in [0.05, 0.1) is 6.61 Å². The molecule has 0 unspecified atom stereocenters. The number of hydrogen-bond acceptors (Lipinski definition) is 4. The van der Waals surface area contributed by atoms with Crippen molar-refractivity contribution in [2.45, 2.75) is 12.0 Å². The fourth-order valence-electron chi connectivity index (χ4n) is 3.30. The first-order chi connectivity index (χ1) is 13.6. The second-order valence-electron chi connectivity index (χ2n) is 6.60. The van der Waals surface area contributed by atoms with Crippen LogP contribution in [-0.2, 0) is 26.3 Å². The van der Waals surface area contributed by atoms with Crippen molar-refractivity contribution in [1.29, 1.82) is 0 Å². The molecule has 0 radical (unpaired) electrons. The van der Waals surface area contributed by atoms with Gasteiger partial charge in [-0.1, -0.05) is 60.7 Å². The fraction of sp³-hybridized carbons (Fsp3) is 0.286. The van der Waals surface area contributed by atoms with Crippen LogP contribution in [0.1, 0.15) is 11.1 Å². The van der Waals surface area contributed by atoms with Gasteiger partial charge >= 0.3 is 6.03 Å². The summed E-state index contributed by atoms with van der Waals surface area (Å²) >= 11 is 0. The van der Waals surface area contributed by atoms with Gasteiger partial charge in [-0.15, -0.1) is 0 Å². The number of nitrogens with one attached hydrogen (secondary N) is 2. The van der Waals surface area contributed by atoms with Crippen molar-refractivity contribution in [3.05, 3.63) is 71.8 Å². The number of urea groups is 1. The molecule has 0 spiro atoms. The quantitative estimate of drug-likeness (QED) is 0.535. The molecule has 7 nitrogen and oxygen atoms in total. The molecule has 1 heterocycles. The van der Waals surface area contributed by atoms with Gasteiger partial charge in [0.2, 0.25) is 5.91 Å². The number of amides is 4. The van der Waals surface area contributed by atoms with Gasteiger partial charge in [0.25, 0.3) is 5.91 Å². The van der Waals surface area contributed by atoms with Crippen LogP contribution in [0.3, 0.4) is 0 Å². The van der Waals surface area contributed by atoms with Gasteiger partial charge in [-0.05, 0) is 11.1 Å². The van der Waals surface area contributed by atoms with Crippen molar-refractivity contribution in [3.63, 3.8) is 0 Å². The van der Waals surface area contributed by atoms with E-state index in [0.717, 1.165) is 10.5 Å². The van der Waals surface area contributed by atoms with Crippen LogP contribution in [0.2, 0.25) is 0 Å². The topological polar surface area (TPSA) is 87.7 Å². The minimum Gasteiger partial charge on any atom is -0.383 e. The standard InChI is InChI=1S/C21H23N3O4/c1-28-13-12-22-18(25)15-24-19(26)21(23-20(24)27,17-10-6-3-7-11-17)14-16-8-4-2-5-9-16/h2-11H,12-15H2,1H3,(H,22,25)(H,23,27)/t21-/m1/s1. The fourth-order valence-corrected chi connectivity index (χ4v) is 3.30. The molecule has 0 aliphatic carbocycles. The lowest BCUT2D eigenvalue weighted by atomic mass is 9.83. The maximum absolute atomic E-state index is 13.3. The van der Waals surface area contributed by atoms with Crippen LogP contribution in [0.4, 0.5) is 4.79 Å². The smallest absolute Gasteiger partial charge is 0.325 e. The van der Waals surface area contributed by atoms with E-state index in [0.29, 0.717) is 25.1 Å². The number of nitrogens with zero attached hydrogens (tertiary/aromatic N) is 1. The van der Waals surface area contributed by atoms with Crippen LogP contribution in [0, 0.1) is 0 Å². The molecule has 1 aliphatic rings.